The molecular weight excluding hydrogens is 566 g/mol. The summed E-state index contributed by atoms with van der Waals surface area (Å²) in [5, 5.41) is 16.3. The van der Waals surface area contributed by atoms with Crippen molar-refractivity contribution < 1.29 is 32.6 Å². The van der Waals surface area contributed by atoms with Crippen molar-refractivity contribution in [2.24, 2.45) is 0 Å². The first-order valence-electron chi connectivity index (χ1n) is 13.4. The van der Waals surface area contributed by atoms with E-state index < -0.39 is 48.1 Å². The van der Waals surface area contributed by atoms with Crippen LogP contribution in [0.4, 0.5) is 8.78 Å². The molecule has 2 saturated heterocycles. The lowest BCUT2D eigenvalue weighted by Crippen LogP contribution is -2.49. The Morgan fingerprint density at radius 3 is 2.60 bits per heavy atom. The maximum atomic E-state index is 14.9. The second-order valence-corrected chi connectivity index (χ2v) is 11.4. The van der Waals surface area contributed by atoms with Gasteiger partial charge in [0.2, 0.25) is 11.8 Å². The number of hydrogen-bond donors (Lipinski definition) is 2. The summed E-state index contributed by atoms with van der Waals surface area (Å²) in [7, 11) is 0. The zero-order valence-corrected chi connectivity index (χ0v) is 23.3. The zero-order valence-electron chi connectivity index (χ0n) is 22.5. The van der Waals surface area contributed by atoms with Crippen molar-refractivity contribution in [3.63, 3.8) is 0 Å². The van der Waals surface area contributed by atoms with Crippen LogP contribution in [0.3, 0.4) is 0 Å². The van der Waals surface area contributed by atoms with E-state index in [1.54, 1.807) is 36.6 Å². The number of rotatable bonds is 6. The molecule has 2 fully saturated rings. The van der Waals surface area contributed by atoms with E-state index in [1.165, 1.54) is 40.5 Å². The van der Waals surface area contributed by atoms with Gasteiger partial charge in [0, 0.05) is 33.4 Å². The number of fused-ring (bicyclic) bond motifs is 3. The van der Waals surface area contributed by atoms with Gasteiger partial charge in [0.15, 0.2) is 5.79 Å². The minimum atomic E-state index is -3.17. The lowest BCUT2D eigenvalue weighted by molar-refractivity contribution is -0.152. The predicted molar refractivity (Wildman–Crippen MR) is 148 cm³/mol. The smallest absolute Gasteiger partial charge is 0.299 e. The van der Waals surface area contributed by atoms with Crippen LogP contribution >= 0.6 is 11.3 Å². The van der Waals surface area contributed by atoms with Gasteiger partial charge < -0.3 is 25.0 Å². The summed E-state index contributed by atoms with van der Waals surface area (Å²) in [5.41, 5.74) is 0.962. The van der Waals surface area contributed by atoms with Gasteiger partial charge in [-0.3, -0.25) is 14.4 Å². The third kappa shape index (κ3) is 4.83. The molecule has 0 saturated carbocycles. The van der Waals surface area contributed by atoms with Gasteiger partial charge in [-0.05, 0) is 36.2 Å². The normalized spacial score (nSPS) is 20.0. The summed E-state index contributed by atoms with van der Waals surface area (Å²) in [5.74, 6) is -5.82. The van der Waals surface area contributed by atoms with Crippen LogP contribution in [-0.2, 0) is 25.0 Å². The number of benzene rings is 2. The number of carbonyl (C=O) groups excluding carboxylic acids is 3. The van der Waals surface area contributed by atoms with Crippen molar-refractivity contribution >= 4 is 29.1 Å². The van der Waals surface area contributed by atoms with Crippen molar-refractivity contribution in [3.8, 4) is 17.2 Å². The van der Waals surface area contributed by atoms with Gasteiger partial charge in [-0.2, -0.15) is 14.0 Å². The molecule has 1 aliphatic carbocycles. The van der Waals surface area contributed by atoms with Crippen molar-refractivity contribution in [3.05, 3.63) is 81.0 Å². The highest BCUT2D eigenvalue weighted by atomic mass is 32.1. The monoisotopic (exact) mass is 592 g/mol. The van der Waals surface area contributed by atoms with E-state index in [0.29, 0.717) is 24.3 Å². The van der Waals surface area contributed by atoms with E-state index >= 15 is 0 Å². The van der Waals surface area contributed by atoms with E-state index in [0.717, 1.165) is 4.88 Å². The van der Waals surface area contributed by atoms with Crippen LogP contribution in [0.5, 0.6) is 0 Å². The molecule has 2 aliphatic heterocycles. The van der Waals surface area contributed by atoms with Crippen molar-refractivity contribution in [2.75, 3.05) is 26.3 Å². The Labute approximate surface area is 244 Å². The molecule has 3 aliphatic rings. The Balaban J connectivity index is 1.15. The standard InChI is InChI=1S/C30H26F2N4O5S/c1-17(25-10-18(13-33)15-42-25)35-28(39)24-12-29(40-8-9-41-29)16-36(24)26(37)14-34-27(38)19-6-7-23-21(11-19)20-4-2-3-5-22(20)30(23,31)32/h2-7,10-11,15,17,24H,8-9,12,14,16H2,1H3,(H,34,38)(H,35,39)/t17-,24+/m1/s1. The van der Waals surface area contributed by atoms with E-state index in [2.05, 4.69) is 16.7 Å². The number of amides is 3. The SMILES string of the molecule is C[C@@H](NC(=O)[C@@H]1CC2(CN1C(=O)CNC(=O)c1ccc3c(c1)-c1ccccc1C3(F)F)OCCO2)c1cc(C#N)cs1. The lowest BCUT2D eigenvalue weighted by Gasteiger charge is -2.25. The van der Waals surface area contributed by atoms with Crippen LogP contribution in [0.2, 0.25) is 0 Å². The number of nitrogens with one attached hydrogen (secondary N) is 2. The molecular formula is C30H26F2N4O5S. The molecule has 0 radical (unpaired) electrons. The summed E-state index contributed by atoms with van der Waals surface area (Å²) < 4.78 is 41.3. The molecule has 2 atom stereocenters. The molecule has 3 aromatic rings. The first-order valence-corrected chi connectivity index (χ1v) is 14.3. The topological polar surface area (TPSA) is 121 Å². The fourth-order valence-corrected chi connectivity index (χ4v) is 6.58. The van der Waals surface area contributed by atoms with Crippen molar-refractivity contribution in [2.45, 2.75) is 37.1 Å². The van der Waals surface area contributed by atoms with Crippen molar-refractivity contribution in [1.82, 2.24) is 15.5 Å². The number of carbonyl (C=O) groups is 3. The fraction of sp³-hybridized carbons (Fsp3) is 0.333. The molecule has 2 aromatic carbocycles. The molecule has 0 unspecified atom stereocenters. The maximum Gasteiger partial charge on any atom is 0.299 e. The van der Waals surface area contributed by atoms with Crippen LogP contribution in [0, 0.1) is 11.3 Å². The second-order valence-electron chi connectivity index (χ2n) is 10.5. The van der Waals surface area contributed by atoms with Crippen LogP contribution in [0.25, 0.3) is 11.1 Å². The average molecular weight is 593 g/mol. The number of likely N-dealkylation sites (tertiary alicyclic amines) is 1. The summed E-state index contributed by atoms with van der Waals surface area (Å²) in [6.07, 6.45) is 0.123. The number of halogens is 2. The minimum absolute atomic E-state index is 0.0104. The van der Waals surface area contributed by atoms with Gasteiger partial charge in [-0.1, -0.05) is 30.3 Å². The Hall–Kier alpha value is -4.18. The van der Waals surface area contributed by atoms with E-state index in [9.17, 15) is 23.2 Å². The Morgan fingerprint density at radius 2 is 1.86 bits per heavy atom. The largest absolute Gasteiger partial charge is 0.347 e. The highest BCUT2D eigenvalue weighted by Gasteiger charge is 2.52. The van der Waals surface area contributed by atoms with Crippen LogP contribution in [0.1, 0.15) is 51.3 Å². The van der Waals surface area contributed by atoms with Gasteiger partial charge in [0.25, 0.3) is 11.8 Å². The molecule has 12 heteroatoms. The Morgan fingerprint density at radius 1 is 1.12 bits per heavy atom. The number of alkyl halides is 2. The molecule has 3 amide bonds. The van der Waals surface area contributed by atoms with E-state index in [-0.39, 0.29) is 35.2 Å². The molecule has 216 valence electrons. The van der Waals surface area contributed by atoms with Gasteiger partial charge in [-0.25, -0.2) is 0 Å². The van der Waals surface area contributed by atoms with E-state index in [4.69, 9.17) is 14.7 Å². The molecule has 0 bridgehead atoms. The number of ether oxygens (including phenoxy) is 2. The molecule has 1 aromatic heterocycles. The van der Waals surface area contributed by atoms with Gasteiger partial charge in [0.1, 0.15) is 12.1 Å². The molecule has 6 rings (SSSR count). The predicted octanol–water partition coefficient (Wildman–Crippen LogP) is 3.69. The van der Waals surface area contributed by atoms with Gasteiger partial charge in [-0.15, -0.1) is 11.3 Å². The third-order valence-electron chi connectivity index (χ3n) is 7.84. The number of thiophene rings is 1. The molecule has 42 heavy (non-hydrogen) atoms. The first-order chi connectivity index (χ1) is 20.1. The van der Waals surface area contributed by atoms with Gasteiger partial charge in [0.05, 0.1) is 37.9 Å². The van der Waals surface area contributed by atoms with Crippen LogP contribution in [0.15, 0.2) is 53.9 Å². The Kier molecular flexibility index (Phi) is 7.04. The third-order valence-corrected chi connectivity index (χ3v) is 8.95. The maximum absolute atomic E-state index is 14.9. The fourth-order valence-electron chi connectivity index (χ4n) is 5.74. The van der Waals surface area contributed by atoms with Crippen molar-refractivity contribution in [1.29, 1.82) is 5.26 Å². The lowest BCUT2D eigenvalue weighted by atomic mass is 10.0. The number of nitriles is 1. The van der Waals surface area contributed by atoms with Crippen LogP contribution in [-0.4, -0.2) is 60.8 Å². The number of nitrogens with zero attached hydrogens (tertiary/aromatic N) is 2. The molecule has 2 N–H and O–H groups in total. The average Bonchev–Trinajstić information content (AvgIpc) is 3.78. The second kappa shape index (κ2) is 10.6. The van der Waals surface area contributed by atoms with E-state index in [1.807, 2.05) is 0 Å². The summed E-state index contributed by atoms with van der Waals surface area (Å²) >= 11 is 1.35. The quantitative estimate of drug-likeness (QED) is 0.451. The summed E-state index contributed by atoms with van der Waals surface area (Å²) in [6, 6.07) is 12.6. The van der Waals surface area contributed by atoms with Gasteiger partial charge >= 0.3 is 0 Å². The van der Waals surface area contributed by atoms with Crippen LogP contribution < -0.4 is 10.6 Å². The minimum Gasteiger partial charge on any atom is -0.347 e. The zero-order chi connectivity index (χ0) is 29.6. The highest BCUT2D eigenvalue weighted by Crippen LogP contribution is 2.51. The highest BCUT2D eigenvalue weighted by molar-refractivity contribution is 7.10. The summed E-state index contributed by atoms with van der Waals surface area (Å²) in [6.45, 7) is 2.03. The number of hydrogen-bond acceptors (Lipinski definition) is 7. The molecule has 1 spiro atoms. The Bertz CT molecular complexity index is 1630. The summed E-state index contributed by atoms with van der Waals surface area (Å²) in [4.78, 5) is 41.9. The first kappa shape index (κ1) is 28.0. The molecule has 9 nitrogen and oxygen atoms in total. The molecule has 3 heterocycles.